The molecule has 0 aromatic heterocycles. The summed E-state index contributed by atoms with van der Waals surface area (Å²) in [6, 6.07) is 23.6. The third-order valence-corrected chi connectivity index (χ3v) is 7.89. The fourth-order valence-corrected chi connectivity index (χ4v) is 6.30. The lowest BCUT2D eigenvalue weighted by atomic mass is 10.2. The van der Waals surface area contributed by atoms with Gasteiger partial charge < -0.3 is 4.90 Å². The Labute approximate surface area is 201 Å². The number of benzene rings is 3. The van der Waals surface area contributed by atoms with Crippen molar-refractivity contribution < 1.29 is 4.79 Å². The molecule has 1 fully saturated rings. The third-order valence-electron chi connectivity index (χ3n) is 5.23. The molecule has 7 heteroatoms. The second-order valence-corrected chi connectivity index (χ2v) is 9.79. The van der Waals surface area contributed by atoms with Gasteiger partial charge in [-0.3, -0.25) is 9.69 Å². The van der Waals surface area contributed by atoms with E-state index in [-0.39, 0.29) is 5.91 Å². The number of thioether (sulfide) groups is 2. The lowest BCUT2D eigenvalue weighted by Gasteiger charge is -2.19. The topological polar surface area (TPSA) is 35.9 Å². The van der Waals surface area contributed by atoms with Gasteiger partial charge in [-0.1, -0.05) is 59.8 Å². The molecule has 0 radical (unpaired) electrons. The molecular weight excluding hydrogens is 458 g/mol. The van der Waals surface area contributed by atoms with Crippen molar-refractivity contribution in [2.45, 2.75) is 18.7 Å². The van der Waals surface area contributed by atoms with Gasteiger partial charge in [0.1, 0.15) is 9.93 Å². The highest BCUT2D eigenvalue weighted by Gasteiger charge is 2.40. The van der Waals surface area contributed by atoms with Gasteiger partial charge >= 0.3 is 0 Å². The van der Waals surface area contributed by atoms with Crippen LogP contribution in [0.25, 0.3) is 0 Å². The van der Waals surface area contributed by atoms with Crippen molar-refractivity contribution >= 4 is 63.3 Å². The van der Waals surface area contributed by atoms with Crippen molar-refractivity contribution in [3.05, 3.63) is 93.3 Å². The van der Waals surface area contributed by atoms with Crippen LogP contribution < -0.4 is 9.80 Å². The number of fused-ring (bicyclic) bond motifs is 1. The van der Waals surface area contributed by atoms with Crippen molar-refractivity contribution in [2.75, 3.05) is 16.3 Å². The van der Waals surface area contributed by atoms with Crippen LogP contribution in [0.5, 0.6) is 0 Å². The van der Waals surface area contributed by atoms with Crippen LogP contribution in [0, 0.1) is 6.92 Å². The summed E-state index contributed by atoms with van der Waals surface area (Å²) in [5.74, 6) is -0.0693. The van der Waals surface area contributed by atoms with Crippen LogP contribution in [0.3, 0.4) is 0 Å². The van der Waals surface area contributed by atoms with Gasteiger partial charge in [0.05, 0.1) is 22.1 Å². The van der Waals surface area contributed by atoms with Crippen LogP contribution in [0.4, 0.5) is 17.1 Å². The smallest absolute Gasteiger partial charge is 0.274 e. The zero-order chi connectivity index (χ0) is 22.2. The number of amides is 1. The predicted octanol–water partition coefficient (Wildman–Crippen LogP) is 7.22. The van der Waals surface area contributed by atoms with Crippen LogP contribution in [-0.4, -0.2) is 17.6 Å². The SMILES string of the molecule is CCN1C(=C2SC(=Nc3ccccc3Cl)N(c3cccc(C)c3)C2=O)Sc2ccccc21. The fourth-order valence-electron chi connectivity index (χ4n) is 3.74. The maximum Gasteiger partial charge on any atom is 0.274 e. The number of nitrogens with zero attached hydrogens (tertiary/aromatic N) is 3. The minimum Gasteiger partial charge on any atom is -0.334 e. The number of amidine groups is 1. The molecule has 0 aliphatic carbocycles. The number of rotatable bonds is 3. The highest BCUT2D eigenvalue weighted by Crippen LogP contribution is 2.51. The second kappa shape index (κ2) is 8.70. The molecule has 1 saturated heterocycles. The van der Waals surface area contributed by atoms with Crippen LogP contribution in [0.1, 0.15) is 12.5 Å². The van der Waals surface area contributed by atoms with E-state index in [1.54, 1.807) is 22.7 Å². The molecule has 32 heavy (non-hydrogen) atoms. The van der Waals surface area contributed by atoms with E-state index < -0.39 is 0 Å². The van der Waals surface area contributed by atoms with Crippen LogP contribution in [0.15, 0.2) is 92.6 Å². The summed E-state index contributed by atoms with van der Waals surface area (Å²) in [7, 11) is 0. The Bertz CT molecular complexity index is 1290. The molecule has 0 atom stereocenters. The third kappa shape index (κ3) is 3.72. The first-order chi connectivity index (χ1) is 15.6. The van der Waals surface area contributed by atoms with Gasteiger partial charge in [0.25, 0.3) is 5.91 Å². The Morgan fingerprint density at radius 2 is 1.75 bits per heavy atom. The van der Waals surface area contributed by atoms with Crippen LogP contribution >= 0.6 is 35.1 Å². The van der Waals surface area contributed by atoms with E-state index in [4.69, 9.17) is 16.6 Å². The fraction of sp³-hybridized carbons (Fsp3) is 0.120. The van der Waals surface area contributed by atoms with Crippen molar-refractivity contribution in [1.29, 1.82) is 0 Å². The molecule has 4 nitrogen and oxygen atoms in total. The number of hydrogen-bond donors (Lipinski definition) is 0. The van der Waals surface area contributed by atoms with E-state index in [0.717, 1.165) is 33.4 Å². The van der Waals surface area contributed by atoms with Crippen molar-refractivity contribution in [2.24, 2.45) is 4.99 Å². The average Bonchev–Trinajstić information content (AvgIpc) is 3.32. The first-order valence-corrected chi connectivity index (χ1v) is 12.3. The van der Waals surface area contributed by atoms with E-state index in [1.807, 2.05) is 61.5 Å². The normalized spacial score (nSPS) is 19.2. The number of halogens is 1. The Hall–Kier alpha value is -2.67. The minimum absolute atomic E-state index is 0.0693. The molecule has 2 heterocycles. The Balaban J connectivity index is 1.65. The summed E-state index contributed by atoms with van der Waals surface area (Å²) in [6.45, 7) is 4.90. The molecule has 160 valence electrons. The van der Waals surface area contributed by atoms with E-state index in [1.165, 1.54) is 11.8 Å². The Morgan fingerprint density at radius 1 is 0.969 bits per heavy atom. The number of hydrogen-bond acceptors (Lipinski definition) is 5. The zero-order valence-corrected chi connectivity index (χ0v) is 20.0. The summed E-state index contributed by atoms with van der Waals surface area (Å²) < 4.78 is 0. The summed E-state index contributed by atoms with van der Waals surface area (Å²) in [5, 5.41) is 2.10. The molecule has 0 spiro atoms. The summed E-state index contributed by atoms with van der Waals surface area (Å²) in [5.41, 5.74) is 3.65. The number of anilines is 2. The second-order valence-electron chi connectivity index (χ2n) is 7.38. The first-order valence-electron chi connectivity index (χ1n) is 10.3. The van der Waals surface area contributed by atoms with Crippen LogP contribution in [0.2, 0.25) is 5.02 Å². The molecule has 3 aromatic carbocycles. The van der Waals surface area contributed by atoms with Gasteiger partial charge in [-0.15, -0.1) is 0 Å². The van der Waals surface area contributed by atoms with E-state index in [0.29, 0.717) is 20.8 Å². The molecule has 5 rings (SSSR count). The standard InChI is InChI=1S/C25H20ClN3OS2/c1-3-28-20-13-6-7-14-21(20)31-24(28)22-23(30)29(17-10-8-9-16(2)15-17)25(32-22)27-19-12-5-4-11-18(19)26/h4-15H,3H2,1-2H3. The molecule has 2 aliphatic rings. The Morgan fingerprint density at radius 3 is 2.53 bits per heavy atom. The first kappa shape index (κ1) is 21.2. The summed E-state index contributed by atoms with van der Waals surface area (Å²) >= 11 is 9.42. The number of aryl methyl sites for hydroxylation is 1. The quantitative estimate of drug-likeness (QED) is 0.373. The largest absolute Gasteiger partial charge is 0.334 e. The number of carbonyl (C=O) groups excluding carboxylic acids is 1. The molecular formula is C25H20ClN3OS2. The zero-order valence-electron chi connectivity index (χ0n) is 17.6. The molecule has 2 aliphatic heterocycles. The maximum absolute atomic E-state index is 13.8. The van der Waals surface area contributed by atoms with Crippen molar-refractivity contribution in [1.82, 2.24) is 0 Å². The van der Waals surface area contributed by atoms with Gasteiger partial charge in [-0.25, -0.2) is 4.99 Å². The van der Waals surface area contributed by atoms with Gasteiger partial charge in [0, 0.05) is 11.4 Å². The van der Waals surface area contributed by atoms with Gasteiger partial charge in [0.2, 0.25) is 0 Å². The van der Waals surface area contributed by atoms with Crippen molar-refractivity contribution in [3.63, 3.8) is 0 Å². The molecule has 0 unspecified atom stereocenters. The van der Waals surface area contributed by atoms with E-state index >= 15 is 0 Å². The van der Waals surface area contributed by atoms with Gasteiger partial charge in [-0.2, -0.15) is 0 Å². The van der Waals surface area contributed by atoms with E-state index in [2.05, 4.69) is 24.0 Å². The van der Waals surface area contributed by atoms with Gasteiger partial charge in [0.15, 0.2) is 5.17 Å². The Kier molecular flexibility index (Phi) is 5.76. The molecule has 0 N–H and O–H groups in total. The molecule has 0 saturated carbocycles. The van der Waals surface area contributed by atoms with Crippen LogP contribution in [-0.2, 0) is 4.79 Å². The molecule has 1 amide bonds. The average molecular weight is 478 g/mol. The summed E-state index contributed by atoms with van der Waals surface area (Å²) in [4.78, 5) is 24.3. The summed E-state index contributed by atoms with van der Waals surface area (Å²) in [6.07, 6.45) is 0. The predicted molar refractivity (Wildman–Crippen MR) is 137 cm³/mol. The number of para-hydroxylation sites is 2. The minimum atomic E-state index is -0.0693. The monoisotopic (exact) mass is 477 g/mol. The number of carbonyl (C=O) groups is 1. The maximum atomic E-state index is 13.8. The molecule has 0 bridgehead atoms. The molecule has 3 aromatic rings. The highest BCUT2D eigenvalue weighted by atomic mass is 35.5. The van der Waals surface area contributed by atoms with Crippen molar-refractivity contribution in [3.8, 4) is 0 Å². The lowest BCUT2D eigenvalue weighted by Crippen LogP contribution is -2.29. The lowest BCUT2D eigenvalue weighted by molar-refractivity contribution is -0.113. The van der Waals surface area contributed by atoms with Gasteiger partial charge in [-0.05, 0) is 67.6 Å². The van der Waals surface area contributed by atoms with E-state index in [9.17, 15) is 4.79 Å². The highest BCUT2D eigenvalue weighted by molar-refractivity contribution is 8.20. The number of aliphatic imine (C=N–C) groups is 1.